The lowest BCUT2D eigenvalue weighted by Crippen LogP contribution is -2.47. The molecule has 0 saturated carbocycles. The van der Waals surface area contributed by atoms with Crippen LogP contribution in [0.25, 0.3) is 0 Å². The number of nitrogens with zero attached hydrogens (tertiary/aromatic N) is 4. The predicted molar refractivity (Wildman–Crippen MR) is 93.2 cm³/mol. The lowest BCUT2D eigenvalue weighted by molar-refractivity contribution is 0.249. The van der Waals surface area contributed by atoms with Gasteiger partial charge in [-0.05, 0) is 37.1 Å². The number of anilines is 1. The number of nitrogens with two attached hydrogens (primary N) is 1. The van der Waals surface area contributed by atoms with E-state index in [1.807, 2.05) is 0 Å². The molecule has 1 aliphatic heterocycles. The van der Waals surface area contributed by atoms with Gasteiger partial charge in [0.05, 0.1) is 12.4 Å². The number of hydrogen-bond acceptors (Lipinski definition) is 5. The van der Waals surface area contributed by atoms with Crippen molar-refractivity contribution in [1.82, 2.24) is 14.9 Å². The van der Waals surface area contributed by atoms with Gasteiger partial charge in [0.15, 0.2) is 5.82 Å². The van der Waals surface area contributed by atoms with Crippen LogP contribution < -0.4 is 10.6 Å². The molecule has 2 heterocycles. The Bertz CT molecular complexity index is 654. The van der Waals surface area contributed by atoms with E-state index in [2.05, 4.69) is 19.8 Å². The molecule has 1 aliphatic rings. The van der Waals surface area contributed by atoms with Crippen LogP contribution in [0.5, 0.6) is 0 Å². The highest BCUT2D eigenvalue weighted by Crippen LogP contribution is 2.17. The van der Waals surface area contributed by atoms with E-state index in [4.69, 9.17) is 5.73 Å². The topological polar surface area (TPSA) is 58.3 Å². The van der Waals surface area contributed by atoms with E-state index in [0.717, 1.165) is 51.1 Å². The van der Waals surface area contributed by atoms with Crippen LogP contribution in [0.2, 0.25) is 0 Å². The minimum atomic E-state index is -0.417. The summed E-state index contributed by atoms with van der Waals surface area (Å²) in [5.41, 5.74) is 7.15. The first-order valence-electron chi connectivity index (χ1n) is 8.58. The van der Waals surface area contributed by atoms with E-state index in [0.29, 0.717) is 5.95 Å². The zero-order valence-electron chi connectivity index (χ0n) is 14.1. The predicted octanol–water partition coefficient (Wildman–Crippen LogP) is 2.36. The summed E-state index contributed by atoms with van der Waals surface area (Å²) in [6, 6.07) is 6.34. The maximum absolute atomic E-state index is 12.9. The fraction of sp³-hybridized carbons (Fsp3) is 0.444. The third-order valence-corrected chi connectivity index (χ3v) is 4.55. The summed E-state index contributed by atoms with van der Waals surface area (Å²) in [6.07, 6.45) is 4.26. The molecule has 0 bridgehead atoms. The number of benzene rings is 1. The van der Waals surface area contributed by atoms with E-state index in [1.165, 1.54) is 24.5 Å². The maximum Gasteiger partial charge on any atom is 0.225 e. The quantitative estimate of drug-likeness (QED) is 0.869. The number of rotatable bonds is 6. The molecule has 2 aromatic rings. The van der Waals surface area contributed by atoms with E-state index < -0.39 is 5.82 Å². The molecular formula is C18H23F2N5. The molecule has 0 aliphatic carbocycles. The maximum atomic E-state index is 12.9. The number of hydrogen-bond donors (Lipinski definition) is 1. The molecule has 1 aromatic heterocycles. The number of aromatic nitrogens is 2. The molecule has 0 amide bonds. The van der Waals surface area contributed by atoms with Gasteiger partial charge in [0.2, 0.25) is 5.95 Å². The van der Waals surface area contributed by atoms with Gasteiger partial charge >= 0.3 is 0 Å². The Labute approximate surface area is 146 Å². The highest BCUT2D eigenvalue weighted by molar-refractivity contribution is 5.29. The van der Waals surface area contributed by atoms with Crippen molar-refractivity contribution < 1.29 is 8.78 Å². The third kappa shape index (κ3) is 4.93. The van der Waals surface area contributed by atoms with Crippen molar-refractivity contribution in [2.45, 2.75) is 18.9 Å². The molecular weight excluding hydrogens is 324 g/mol. The highest BCUT2D eigenvalue weighted by atomic mass is 19.1. The van der Waals surface area contributed by atoms with Crippen LogP contribution in [0.3, 0.4) is 0 Å². The van der Waals surface area contributed by atoms with Crippen molar-refractivity contribution in [3.63, 3.8) is 0 Å². The lowest BCUT2D eigenvalue weighted by Gasteiger charge is -2.34. The van der Waals surface area contributed by atoms with Gasteiger partial charge in [-0.2, -0.15) is 0 Å². The molecule has 1 fully saturated rings. The monoisotopic (exact) mass is 347 g/mol. The van der Waals surface area contributed by atoms with Crippen LogP contribution >= 0.6 is 0 Å². The minimum absolute atomic E-state index is 0.0606. The molecule has 7 heteroatoms. The molecule has 1 aromatic carbocycles. The molecule has 5 nitrogen and oxygen atoms in total. The molecule has 0 radical (unpaired) electrons. The van der Waals surface area contributed by atoms with Crippen LogP contribution in [-0.4, -0.2) is 47.6 Å². The van der Waals surface area contributed by atoms with Crippen LogP contribution in [0.15, 0.2) is 36.7 Å². The smallest absolute Gasteiger partial charge is 0.225 e. The minimum Gasteiger partial charge on any atom is -0.338 e. The Kier molecular flexibility index (Phi) is 5.88. The van der Waals surface area contributed by atoms with Gasteiger partial charge in [-0.1, -0.05) is 12.1 Å². The van der Waals surface area contributed by atoms with Crippen molar-refractivity contribution in [1.29, 1.82) is 0 Å². The van der Waals surface area contributed by atoms with Gasteiger partial charge in [-0.25, -0.2) is 18.7 Å². The van der Waals surface area contributed by atoms with Gasteiger partial charge in [0.1, 0.15) is 5.82 Å². The van der Waals surface area contributed by atoms with Crippen LogP contribution in [0.1, 0.15) is 24.4 Å². The van der Waals surface area contributed by atoms with E-state index in [1.54, 1.807) is 12.1 Å². The first kappa shape index (κ1) is 17.7. The Hall–Kier alpha value is -2.12. The summed E-state index contributed by atoms with van der Waals surface area (Å²) < 4.78 is 25.8. The van der Waals surface area contributed by atoms with Gasteiger partial charge in [-0.3, -0.25) is 4.90 Å². The summed E-state index contributed by atoms with van der Waals surface area (Å²) >= 11 is 0. The average Bonchev–Trinajstić information content (AvgIpc) is 2.63. The Morgan fingerprint density at radius 2 is 1.60 bits per heavy atom. The first-order valence-corrected chi connectivity index (χ1v) is 8.58. The Morgan fingerprint density at radius 3 is 2.24 bits per heavy atom. The summed E-state index contributed by atoms with van der Waals surface area (Å²) in [7, 11) is 0. The molecule has 2 N–H and O–H groups in total. The van der Waals surface area contributed by atoms with Gasteiger partial charge in [-0.15, -0.1) is 0 Å². The Morgan fingerprint density at radius 1 is 0.960 bits per heavy atom. The van der Waals surface area contributed by atoms with Crippen LogP contribution in [0.4, 0.5) is 14.7 Å². The van der Waals surface area contributed by atoms with Crippen molar-refractivity contribution >= 4 is 5.95 Å². The molecule has 0 unspecified atom stereocenters. The van der Waals surface area contributed by atoms with Crippen molar-refractivity contribution in [3.8, 4) is 0 Å². The number of piperazine rings is 1. The van der Waals surface area contributed by atoms with E-state index in [-0.39, 0.29) is 11.9 Å². The second-order valence-electron chi connectivity index (χ2n) is 6.33. The van der Waals surface area contributed by atoms with Gasteiger partial charge in [0, 0.05) is 32.2 Å². The van der Waals surface area contributed by atoms with Crippen molar-refractivity contribution in [3.05, 3.63) is 53.9 Å². The van der Waals surface area contributed by atoms with E-state index >= 15 is 0 Å². The van der Waals surface area contributed by atoms with Crippen molar-refractivity contribution in [2.75, 3.05) is 37.6 Å². The van der Waals surface area contributed by atoms with E-state index in [9.17, 15) is 8.78 Å². The zero-order valence-corrected chi connectivity index (χ0v) is 14.1. The molecule has 134 valence electrons. The molecule has 0 spiro atoms. The molecule has 25 heavy (non-hydrogen) atoms. The summed E-state index contributed by atoms with van der Waals surface area (Å²) in [5.74, 6) is -0.0711. The second kappa shape index (κ2) is 8.31. The summed E-state index contributed by atoms with van der Waals surface area (Å²) in [6.45, 7) is 4.48. The fourth-order valence-electron chi connectivity index (χ4n) is 3.05. The third-order valence-electron chi connectivity index (χ3n) is 4.55. The largest absolute Gasteiger partial charge is 0.338 e. The van der Waals surface area contributed by atoms with Crippen LogP contribution in [0, 0.1) is 11.6 Å². The SMILES string of the molecule is N[C@H](CCCN1CCN(c2ncc(F)cn2)CC1)c1ccc(F)cc1. The van der Waals surface area contributed by atoms with Gasteiger partial charge < -0.3 is 10.6 Å². The molecule has 3 rings (SSSR count). The van der Waals surface area contributed by atoms with Crippen molar-refractivity contribution in [2.24, 2.45) is 5.73 Å². The first-order chi connectivity index (χ1) is 12.1. The highest BCUT2D eigenvalue weighted by Gasteiger charge is 2.19. The summed E-state index contributed by atoms with van der Waals surface area (Å²) in [4.78, 5) is 12.5. The fourth-order valence-corrected chi connectivity index (χ4v) is 3.05. The van der Waals surface area contributed by atoms with Crippen LogP contribution in [-0.2, 0) is 0 Å². The molecule has 1 saturated heterocycles. The molecule has 1 atom stereocenters. The Balaban J connectivity index is 1.39. The lowest BCUT2D eigenvalue weighted by atomic mass is 10.0. The second-order valence-corrected chi connectivity index (χ2v) is 6.33. The summed E-state index contributed by atoms with van der Waals surface area (Å²) in [5, 5.41) is 0. The zero-order chi connectivity index (χ0) is 17.6. The normalized spacial score (nSPS) is 16.8. The number of halogens is 2. The average molecular weight is 347 g/mol. The standard InChI is InChI=1S/C18H23F2N5/c19-15-5-3-14(4-6-15)17(21)2-1-7-24-8-10-25(11-9-24)18-22-12-16(20)13-23-18/h3-6,12-13,17H,1-2,7-11,21H2/t17-/m1/s1. The van der Waals surface area contributed by atoms with Gasteiger partial charge in [0.25, 0.3) is 0 Å².